The standard InChI is InChI=1S/C28H38O8S/c1-17-6-8-20(9-7-17)37(33,34)35-15-23(31)36-22-14-26(4,16-29)25(32)19(3)28-12-10-18(2)27(22,5)24(28)21(30)11-13-28/h6-9,16,18-19,22,24-25,32H,10-15H2,1-5H3/t18-,19-,22+,24-,25-,26-,27-,28-/m0/s1. The summed E-state index contributed by atoms with van der Waals surface area (Å²) in [5, 5.41) is 11.4. The molecule has 8 atom stereocenters. The Labute approximate surface area is 219 Å². The fourth-order valence-electron chi connectivity index (χ4n) is 7.51. The Morgan fingerprint density at radius 2 is 1.81 bits per heavy atom. The van der Waals surface area contributed by atoms with E-state index in [2.05, 4.69) is 0 Å². The van der Waals surface area contributed by atoms with Crippen LogP contribution in [0.2, 0.25) is 0 Å². The van der Waals surface area contributed by atoms with Crippen LogP contribution >= 0.6 is 0 Å². The highest BCUT2D eigenvalue weighted by molar-refractivity contribution is 7.86. The van der Waals surface area contributed by atoms with Crippen LogP contribution in [0, 0.1) is 40.9 Å². The number of aliphatic hydroxyl groups excluding tert-OH is 1. The summed E-state index contributed by atoms with van der Waals surface area (Å²) in [6.07, 6.45) is 1.42. The van der Waals surface area contributed by atoms with Crippen LogP contribution in [0.1, 0.15) is 65.4 Å². The number of ketones is 1. The van der Waals surface area contributed by atoms with Gasteiger partial charge in [-0.3, -0.25) is 8.98 Å². The van der Waals surface area contributed by atoms with Crippen molar-refractivity contribution in [2.75, 3.05) is 6.61 Å². The second kappa shape index (κ2) is 9.58. The molecule has 0 spiro atoms. The van der Waals surface area contributed by atoms with Crippen LogP contribution in [-0.4, -0.2) is 50.4 Å². The molecule has 9 heteroatoms. The lowest BCUT2D eigenvalue weighted by atomic mass is 9.44. The van der Waals surface area contributed by atoms with Crippen molar-refractivity contribution in [2.45, 2.75) is 83.8 Å². The first-order valence-electron chi connectivity index (χ1n) is 13.0. The number of esters is 1. The van der Waals surface area contributed by atoms with E-state index in [0.717, 1.165) is 24.7 Å². The van der Waals surface area contributed by atoms with Gasteiger partial charge in [0.15, 0.2) is 6.61 Å². The number of benzene rings is 1. The third-order valence-electron chi connectivity index (χ3n) is 10.0. The molecule has 0 unspecified atom stereocenters. The van der Waals surface area contributed by atoms with Crippen molar-refractivity contribution in [1.82, 2.24) is 0 Å². The van der Waals surface area contributed by atoms with Crippen molar-refractivity contribution in [3.8, 4) is 0 Å². The van der Waals surface area contributed by atoms with Crippen molar-refractivity contribution in [2.24, 2.45) is 34.0 Å². The summed E-state index contributed by atoms with van der Waals surface area (Å²) >= 11 is 0. The molecule has 0 radical (unpaired) electrons. The zero-order valence-corrected chi connectivity index (χ0v) is 23.0. The first kappa shape index (κ1) is 27.9. The first-order chi connectivity index (χ1) is 17.2. The van der Waals surface area contributed by atoms with Crippen molar-refractivity contribution in [3.63, 3.8) is 0 Å². The van der Waals surface area contributed by atoms with Gasteiger partial charge >= 0.3 is 5.97 Å². The van der Waals surface area contributed by atoms with Gasteiger partial charge in [-0.05, 0) is 62.0 Å². The van der Waals surface area contributed by atoms with Gasteiger partial charge in [0.05, 0.1) is 16.4 Å². The minimum Gasteiger partial charge on any atom is -0.460 e. The second-order valence-corrected chi connectivity index (χ2v) is 13.6. The van der Waals surface area contributed by atoms with E-state index in [1.54, 1.807) is 19.1 Å². The van der Waals surface area contributed by atoms with E-state index >= 15 is 0 Å². The minimum atomic E-state index is -4.19. The molecular weight excluding hydrogens is 496 g/mol. The zero-order chi connectivity index (χ0) is 27.4. The van der Waals surface area contributed by atoms with Crippen LogP contribution in [0.25, 0.3) is 0 Å². The third kappa shape index (κ3) is 4.46. The van der Waals surface area contributed by atoms with Crippen LogP contribution in [0.15, 0.2) is 29.2 Å². The number of aldehydes is 1. The topological polar surface area (TPSA) is 124 Å². The van der Waals surface area contributed by atoms with E-state index in [1.807, 2.05) is 27.7 Å². The molecule has 0 heterocycles. The van der Waals surface area contributed by atoms with E-state index < -0.39 is 57.1 Å². The summed E-state index contributed by atoms with van der Waals surface area (Å²) in [5.74, 6) is -1.51. The quantitative estimate of drug-likeness (QED) is 0.333. The summed E-state index contributed by atoms with van der Waals surface area (Å²) in [4.78, 5) is 38.7. The Bertz CT molecular complexity index is 1180. The monoisotopic (exact) mass is 534 g/mol. The van der Waals surface area contributed by atoms with Gasteiger partial charge in [0.25, 0.3) is 10.1 Å². The predicted molar refractivity (Wildman–Crippen MR) is 135 cm³/mol. The molecule has 2 bridgehead atoms. The molecule has 3 saturated carbocycles. The molecule has 0 aromatic heterocycles. The lowest BCUT2D eigenvalue weighted by Crippen LogP contribution is -2.63. The summed E-state index contributed by atoms with van der Waals surface area (Å²) < 4.78 is 36.1. The number of aryl methyl sites for hydroxylation is 1. The van der Waals surface area contributed by atoms with Gasteiger partial charge in [-0.1, -0.05) is 45.4 Å². The molecule has 1 aromatic carbocycles. The fraction of sp³-hybridized carbons (Fsp3) is 0.679. The van der Waals surface area contributed by atoms with Crippen LogP contribution in [0.4, 0.5) is 0 Å². The average Bonchev–Trinajstić information content (AvgIpc) is 3.21. The van der Waals surface area contributed by atoms with Gasteiger partial charge in [0.2, 0.25) is 0 Å². The van der Waals surface area contributed by atoms with E-state index in [4.69, 9.17) is 8.92 Å². The Hall–Kier alpha value is -2.10. The summed E-state index contributed by atoms with van der Waals surface area (Å²) in [7, 11) is -4.19. The Morgan fingerprint density at radius 1 is 1.16 bits per heavy atom. The first-order valence-corrected chi connectivity index (χ1v) is 14.4. The number of hydrogen-bond donors (Lipinski definition) is 1. The number of ether oxygens (including phenoxy) is 1. The molecule has 0 saturated heterocycles. The van der Waals surface area contributed by atoms with Crippen LogP contribution < -0.4 is 0 Å². The molecule has 8 nitrogen and oxygen atoms in total. The van der Waals surface area contributed by atoms with Crippen molar-refractivity contribution in [3.05, 3.63) is 29.8 Å². The van der Waals surface area contributed by atoms with Crippen molar-refractivity contribution >= 4 is 28.2 Å². The third-order valence-corrected chi connectivity index (χ3v) is 11.3. The van der Waals surface area contributed by atoms with Gasteiger partial charge in [-0.15, -0.1) is 0 Å². The number of aliphatic hydroxyl groups is 1. The van der Waals surface area contributed by atoms with Gasteiger partial charge in [0.1, 0.15) is 18.2 Å². The molecule has 37 heavy (non-hydrogen) atoms. The van der Waals surface area contributed by atoms with Gasteiger partial charge in [0, 0.05) is 17.8 Å². The van der Waals surface area contributed by atoms with Crippen molar-refractivity contribution in [1.29, 1.82) is 0 Å². The van der Waals surface area contributed by atoms with Gasteiger partial charge < -0.3 is 14.6 Å². The van der Waals surface area contributed by atoms with Crippen LogP contribution in [0.3, 0.4) is 0 Å². The smallest absolute Gasteiger partial charge is 0.333 e. The van der Waals surface area contributed by atoms with Crippen LogP contribution in [-0.2, 0) is 33.4 Å². The number of carbonyl (C=O) groups is 3. The van der Waals surface area contributed by atoms with E-state index in [9.17, 15) is 27.9 Å². The highest BCUT2D eigenvalue weighted by Crippen LogP contribution is 2.67. The molecule has 0 amide bonds. The maximum Gasteiger partial charge on any atom is 0.333 e. The molecular formula is C28H38O8S. The number of hydrogen-bond acceptors (Lipinski definition) is 8. The highest BCUT2D eigenvalue weighted by Gasteiger charge is 2.68. The van der Waals surface area contributed by atoms with Gasteiger partial charge in [-0.2, -0.15) is 8.42 Å². The molecule has 3 aliphatic carbocycles. The maximum absolute atomic E-state index is 13.4. The summed E-state index contributed by atoms with van der Waals surface area (Å²) in [5.41, 5.74) is -1.60. The molecule has 1 N–H and O–H groups in total. The Balaban J connectivity index is 1.65. The minimum absolute atomic E-state index is 0.000953. The summed E-state index contributed by atoms with van der Waals surface area (Å²) in [6, 6.07) is 6.06. The lowest BCUT2D eigenvalue weighted by molar-refractivity contribution is -0.210. The van der Waals surface area contributed by atoms with E-state index in [1.165, 1.54) is 12.1 Å². The normalized spacial score (nSPS) is 39.8. The fourth-order valence-corrected chi connectivity index (χ4v) is 8.36. The van der Waals surface area contributed by atoms with Crippen LogP contribution in [0.5, 0.6) is 0 Å². The van der Waals surface area contributed by atoms with E-state index in [-0.39, 0.29) is 28.9 Å². The number of carbonyl (C=O) groups excluding carboxylic acids is 3. The molecule has 4 rings (SSSR count). The average molecular weight is 535 g/mol. The maximum atomic E-state index is 13.4. The SMILES string of the molecule is Cc1ccc(S(=O)(=O)OCC(=O)O[C@@H]2C[C@@](C)(C=O)[C@@H](O)[C@H](C)[C@]34CCC(=O)[C@H]3[C@@]2(C)[C@@H](C)CC4)cc1. The number of Topliss-reactive ketones (excluding diaryl/α,β-unsaturated/α-hetero) is 1. The highest BCUT2D eigenvalue weighted by atomic mass is 32.2. The molecule has 0 aliphatic heterocycles. The summed E-state index contributed by atoms with van der Waals surface area (Å²) in [6.45, 7) is 8.58. The largest absolute Gasteiger partial charge is 0.460 e. The molecule has 3 aliphatic rings. The molecule has 1 aromatic rings. The Morgan fingerprint density at radius 3 is 2.43 bits per heavy atom. The van der Waals surface area contributed by atoms with Crippen molar-refractivity contribution < 1.29 is 36.8 Å². The van der Waals surface area contributed by atoms with E-state index in [0.29, 0.717) is 12.8 Å². The molecule has 204 valence electrons. The Kier molecular flexibility index (Phi) is 7.23. The molecule has 3 fully saturated rings. The zero-order valence-electron chi connectivity index (χ0n) is 22.2. The lowest BCUT2D eigenvalue weighted by Gasteiger charge is -2.61. The predicted octanol–water partition coefficient (Wildman–Crippen LogP) is 3.62. The second-order valence-electron chi connectivity index (χ2n) is 12.0. The number of rotatable bonds is 6. The van der Waals surface area contributed by atoms with Gasteiger partial charge in [-0.25, -0.2) is 4.79 Å².